The second kappa shape index (κ2) is 5.54. The average molecular weight is 222 g/mol. The molecule has 0 aliphatic carbocycles. The maximum Gasteiger partial charge on any atom is 0.338 e. The minimum absolute atomic E-state index is 0.303. The van der Waals surface area contributed by atoms with Crippen LogP contribution in [0, 0.1) is 13.8 Å². The van der Waals surface area contributed by atoms with Gasteiger partial charge in [-0.15, -0.1) is 0 Å². The van der Waals surface area contributed by atoms with Gasteiger partial charge < -0.3 is 9.47 Å². The fourth-order valence-electron chi connectivity index (χ4n) is 1.50. The number of hydrogen-bond donors (Lipinski definition) is 0. The molecule has 16 heavy (non-hydrogen) atoms. The quantitative estimate of drug-likeness (QED) is 0.735. The van der Waals surface area contributed by atoms with E-state index in [0.717, 1.165) is 23.3 Å². The van der Waals surface area contributed by atoms with E-state index in [9.17, 15) is 4.79 Å². The molecule has 1 aromatic rings. The lowest BCUT2D eigenvalue weighted by Gasteiger charge is -2.12. The number of rotatable bonds is 4. The molecule has 1 aromatic carbocycles. The Bertz CT molecular complexity index is 383. The number of esters is 1. The average Bonchev–Trinajstić information content (AvgIpc) is 2.30. The molecule has 3 heteroatoms. The summed E-state index contributed by atoms with van der Waals surface area (Å²) in [7, 11) is 1.39. The molecule has 0 radical (unpaired) electrons. The molecule has 0 amide bonds. The van der Waals surface area contributed by atoms with Gasteiger partial charge in [0.05, 0.1) is 19.3 Å². The minimum atomic E-state index is -0.303. The predicted octanol–water partition coefficient (Wildman–Crippen LogP) is 2.88. The highest BCUT2D eigenvalue weighted by molar-refractivity contribution is 5.91. The number of carbonyl (C=O) groups excluding carboxylic acids is 1. The summed E-state index contributed by atoms with van der Waals surface area (Å²) in [4.78, 5) is 11.4. The van der Waals surface area contributed by atoms with Gasteiger partial charge >= 0.3 is 5.97 Å². The van der Waals surface area contributed by atoms with E-state index in [1.807, 2.05) is 19.9 Å². The third kappa shape index (κ3) is 2.54. The lowest BCUT2D eigenvalue weighted by Crippen LogP contribution is -2.06. The number of ether oxygens (including phenoxy) is 2. The molecule has 0 N–H and O–H groups in total. The van der Waals surface area contributed by atoms with Gasteiger partial charge in [0, 0.05) is 0 Å². The SMILES string of the molecule is CCCOc1ccc(C(=O)OC)c(C)c1C. The first-order valence-corrected chi connectivity index (χ1v) is 5.43. The van der Waals surface area contributed by atoms with Gasteiger partial charge in [-0.05, 0) is 43.5 Å². The van der Waals surface area contributed by atoms with E-state index in [1.165, 1.54) is 7.11 Å². The fourth-order valence-corrected chi connectivity index (χ4v) is 1.50. The van der Waals surface area contributed by atoms with Crippen LogP contribution in [0.25, 0.3) is 0 Å². The summed E-state index contributed by atoms with van der Waals surface area (Å²) in [5.41, 5.74) is 2.51. The van der Waals surface area contributed by atoms with E-state index in [-0.39, 0.29) is 5.97 Å². The van der Waals surface area contributed by atoms with Gasteiger partial charge in [-0.3, -0.25) is 0 Å². The second-order valence-corrected chi connectivity index (χ2v) is 3.70. The third-order valence-electron chi connectivity index (χ3n) is 2.60. The molecule has 0 unspecified atom stereocenters. The molecule has 1 rings (SSSR count). The van der Waals surface area contributed by atoms with Crippen molar-refractivity contribution in [3.8, 4) is 5.75 Å². The Balaban J connectivity index is 3.03. The number of carbonyl (C=O) groups is 1. The summed E-state index contributed by atoms with van der Waals surface area (Å²) in [6, 6.07) is 3.57. The summed E-state index contributed by atoms with van der Waals surface area (Å²) in [5, 5.41) is 0. The van der Waals surface area contributed by atoms with Gasteiger partial charge in [-0.25, -0.2) is 4.79 Å². The van der Waals surface area contributed by atoms with Crippen LogP contribution in [0.5, 0.6) is 5.75 Å². The zero-order valence-electron chi connectivity index (χ0n) is 10.3. The van der Waals surface area contributed by atoms with Crippen LogP contribution in [0.2, 0.25) is 0 Å². The molecule has 0 fully saturated rings. The molecule has 3 nitrogen and oxygen atoms in total. The van der Waals surface area contributed by atoms with Crippen LogP contribution in [0.15, 0.2) is 12.1 Å². The molecular formula is C13H18O3. The van der Waals surface area contributed by atoms with Crippen molar-refractivity contribution in [2.75, 3.05) is 13.7 Å². The topological polar surface area (TPSA) is 35.5 Å². The molecule has 0 aliphatic heterocycles. The molecule has 0 saturated heterocycles. The monoisotopic (exact) mass is 222 g/mol. The van der Waals surface area contributed by atoms with Gasteiger partial charge in [0.25, 0.3) is 0 Å². The van der Waals surface area contributed by atoms with Gasteiger partial charge in [0.1, 0.15) is 5.75 Å². The van der Waals surface area contributed by atoms with Crippen molar-refractivity contribution in [1.82, 2.24) is 0 Å². The minimum Gasteiger partial charge on any atom is -0.493 e. The van der Waals surface area contributed by atoms with Gasteiger partial charge in [0.2, 0.25) is 0 Å². The van der Waals surface area contributed by atoms with E-state index in [0.29, 0.717) is 12.2 Å². The first-order chi connectivity index (χ1) is 7.61. The molecule has 0 heterocycles. The van der Waals surface area contributed by atoms with Crippen molar-refractivity contribution in [2.45, 2.75) is 27.2 Å². The first kappa shape index (κ1) is 12.6. The second-order valence-electron chi connectivity index (χ2n) is 3.70. The van der Waals surface area contributed by atoms with Crippen molar-refractivity contribution in [3.05, 3.63) is 28.8 Å². The van der Waals surface area contributed by atoms with Crippen molar-refractivity contribution < 1.29 is 14.3 Å². The van der Waals surface area contributed by atoms with Crippen LogP contribution in [-0.4, -0.2) is 19.7 Å². The molecular weight excluding hydrogens is 204 g/mol. The van der Waals surface area contributed by atoms with Gasteiger partial charge in [-0.2, -0.15) is 0 Å². The summed E-state index contributed by atoms with van der Waals surface area (Å²) < 4.78 is 10.3. The zero-order valence-corrected chi connectivity index (χ0v) is 10.3. The van der Waals surface area contributed by atoms with E-state index in [4.69, 9.17) is 9.47 Å². The molecule has 0 aromatic heterocycles. The number of methoxy groups -OCH3 is 1. The summed E-state index contributed by atoms with van der Waals surface area (Å²) in [6.07, 6.45) is 0.969. The molecule has 0 spiro atoms. The normalized spacial score (nSPS) is 10.0. The lowest BCUT2D eigenvalue weighted by atomic mass is 10.0. The third-order valence-corrected chi connectivity index (χ3v) is 2.60. The Morgan fingerprint density at radius 1 is 1.25 bits per heavy atom. The standard InChI is InChI=1S/C13H18O3/c1-5-8-16-12-7-6-11(13(14)15-4)9(2)10(12)3/h6-7H,5,8H2,1-4H3. The maximum absolute atomic E-state index is 11.4. The van der Waals surface area contributed by atoms with E-state index in [1.54, 1.807) is 6.07 Å². The summed E-state index contributed by atoms with van der Waals surface area (Å²) in [5.74, 6) is 0.537. The fraction of sp³-hybridized carbons (Fsp3) is 0.462. The molecule has 0 saturated carbocycles. The highest BCUT2D eigenvalue weighted by Gasteiger charge is 2.13. The smallest absolute Gasteiger partial charge is 0.338 e. The highest BCUT2D eigenvalue weighted by atomic mass is 16.5. The Morgan fingerprint density at radius 3 is 2.50 bits per heavy atom. The Morgan fingerprint density at radius 2 is 1.94 bits per heavy atom. The Labute approximate surface area is 96.4 Å². The van der Waals surface area contributed by atoms with E-state index >= 15 is 0 Å². The molecule has 0 atom stereocenters. The highest BCUT2D eigenvalue weighted by Crippen LogP contribution is 2.24. The van der Waals surface area contributed by atoms with E-state index in [2.05, 4.69) is 6.92 Å². The van der Waals surface area contributed by atoms with Crippen molar-refractivity contribution in [3.63, 3.8) is 0 Å². The van der Waals surface area contributed by atoms with Crippen LogP contribution in [-0.2, 0) is 4.74 Å². The molecule has 0 bridgehead atoms. The summed E-state index contributed by atoms with van der Waals surface area (Å²) in [6.45, 7) is 6.61. The Hall–Kier alpha value is -1.51. The van der Waals surface area contributed by atoms with E-state index < -0.39 is 0 Å². The van der Waals surface area contributed by atoms with Crippen molar-refractivity contribution in [2.24, 2.45) is 0 Å². The number of hydrogen-bond acceptors (Lipinski definition) is 3. The van der Waals surface area contributed by atoms with Crippen LogP contribution >= 0.6 is 0 Å². The molecule has 88 valence electrons. The maximum atomic E-state index is 11.4. The zero-order chi connectivity index (χ0) is 12.1. The molecule has 0 aliphatic rings. The largest absolute Gasteiger partial charge is 0.493 e. The van der Waals surface area contributed by atoms with Crippen LogP contribution in [0.4, 0.5) is 0 Å². The van der Waals surface area contributed by atoms with Crippen molar-refractivity contribution in [1.29, 1.82) is 0 Å². The lowest BCUT2D eigenvalue weighted by molar-refractivity contribution is 0.0599. The summed E-state index contributed by atoms with van der Waals surface area (Å²) >= 11 is 0. The van der Waals surface area contributed by atoms with Gasteiger partial charge in [-0.1, -0.05) is 6.92 Å². The predicted molar refractivity (Wildman–Crippen MR) is 63.0 cm³/mol. The first-order valence-electron chi connectivity index (χ1n) is 5.43. The van der Waals surface area contributed by atoms with Crippen LogP contribution < -0.4 is 4.74 Å². The van der Waals surface area contributed by atoms with Crippen LogP contribution in [0.3, 0.4) is 0 Å². The van der Waals surface area contributed by atoms with Gasteiger partial charge in [0.15, 0.2) is 0 Å². The van der Waals surface area contributed by atoms with Crippen molar-refractivity contribution >= 4 is 5.97 Å². The Kier molecular flexibility index (Phi) is 4.35. The van der Waals surface area contributed by atoms with Crippen LogP contribution in [0.1, 0.15) is 34.8 Å². The number of benzene rings is 1.